The molecule has 0 bridgehead atoms. The van der Waals surface area contributed by atoms with Gasteiger partial charge in [0.05, 0.1) is 6.54 Å². The van der Waals surface area contributed by atoms with Crippen LogP contribution in [0.3, 0.4) is 0 Å². The normalized spacial score (nSPS) is 15.8. The zero-order chi connectivity index (χ0) is 19.3. The molecule has 3 aromatic rings. The number of aromatic nitrogens is 3. The minimum atomic E-state index is 0.00747. The van der Waals surface area contributed by atoms with E-state index in [4.69, 9.17) is 5.10 Å². The number of nitrogens with zero attached hydrogens (tertiary/aromatic N) is 4. The third-order valence-electron chi connectivity index (χ3n) is 5.64. The van der Waals surface area contributed by atoms with Crippen molar-refractivity contribution in [3.05, 3.63) is 88.1 Å². The highest BCUT2D eigenvalue weighted by Crippen LogP contribution is 2.27. The molecule has 0 N–H and O–H groups in total. The lowest BCUT2D eigenvalue weighted by atomic mass is 9.95. The van der Waals surface area contributed by atoms with E-state index in [0.29, 0.717) is 19.0 Å². The van der Waals surface area contributed by atoms with Gasteiger partial charge in [-0.2, -0.15) is 5.10 Å². The van der Waals surface area contributed by atoms with Crippen LogP contribution in [0.15, 0.2) is 65.5 Å². The lowest BCUT2D eigenvalue weighted by molar-refractivity contribution is 0.200. The van der Waals surface area contributed by atoms with Gasteiger partial charge in [0.25, 0.3) is 0 Å². The molecular weight excluding hydrogens is 348 g/mol. The second-order valence-corrected chi connectivity index (χ2v) is 7.56. The van der Waals surface area contributed by atoms with Gasteiger partial charge in [-0.1, -0.05) is 60.7 Å². The summed E-state index contributed by atoms with van der Waals surface area (Å²) >= 11 is 0. The van der Waals surface area contributed by atoms with Crippen LogP contribution in [-0.2, 0) is 19.6 Å². The molecule has 1 saturated heterocycles. The van der Waals surface area contributed by atoms with Gasteiger partial charge in [0.1, 0.15) is 5.82 Å². The average Bonchev–Trinajstić information content (AvgIpc) is 3.05. The van der Waals surface area contributed by atoms with E-state index < -0.39 is 0 Å². The predicted molar refractivity (Wildman–Crippen MR) is 111 cm³/mol. The van der Waals surface area contributed by atoms with Gasteiger partial charge in [-0.05, 0) is 44.0 Å². The van der Waals surface area contributed by atoms with Crippen LogP contribution in [0.4, 0.5) is 0 Å². The molecule has 0 atom stereocenters. The zero-order valence-corrected chi connectivity index (χ0v) is 16.5. The van der Waals surface area contributed by atoms with Crippen molar-refractivity contribution in [2.24, 2.45) is 0 Å². The summed E-state index contributed by atoms with van der Waals surface area (Å²) < 4.78 is 3.49. The fourth-order valence-electron chi connectivity index (χ4n) is 4.11. The number of rotatable bonds is 6. The van der Waals surface area contributed by atoms with E-state index in [9.17, 15) is 4.79 Å². The summed E-state index contributed by atoms with van der Waals surface area (Å²) in [6, 6.07) is 20.7. The van der Waals surface area contributed by atoms with Crippen molar-refractivity contribution in [3.8, 4) is 0 Å². The standard InChI is InChI=1S/C23H28N4O/c1-2-26-22(24-27(23(26)28)18-20-11-7-4-8-12-20)21-13-15-25(16-14-21)17-19-9-5-3-6-10-19/h3-12,21H,2,13-18H2,1H3. The summed E-state index contributed by atoms with van der Waals surface area (Å²) in [5.41, 5.74) is 2.47. The van der Waals surface area contributed by atoms with Gasteiger partial charge in [0, 0.05) is 19.0 Å². The van der Waals surface area contributed by atoms with Crippen molar-refractivity contribution in [1.82, 2.24) is 19.2 Å². The first kappa shape index (κ1) is 18.7. The van der Waals surface area contributed by atoms with E-state index in [-0.39, 0.29) is 5.69 Å². The van der Waals surface area contributed by atoms with Crippen LogP contribution in [0.2, 0.25) is 0 Å². The van der Waals surface area contributed by atoms with Gasteiger partial charge in [-0.25, -0.2) is 9.48 Å². The molecule has 0 saturated carbocycles. The van der Waals surface area contributed by atoms with E-state index in [1.165, 1.54) is 5.56 Å². The highest BCUT2D eigenvalue weighted by molar-refractivity contribution is 5.16. The summed E-state index contributed by atoms with van der Waals surface area (Å²) in [6.07, 6.45) is 2.10. The zero-order valence-electron chi connectivity index (χ0n) is 16.5. The van der Waals surface area contributed by atoms with Gasteiger partial charge in [0.15, 0.2) is 0 Å². The van der Waals surface area contributed by atoms with Crippen LogP contribution < -0.4 is 5.69 Å². The first-order valence-corrected chi connectivity index (χ1v) is 10.2. The molecule has 0 radical (unpaired) electrons. The summed E-state index contributed by atoms with van der Waals surface area (Å²) in [5.74, 6) is 1.32. The van der Waals surface area contributed by atoms with Crippen molar-refractivity contribution in [3.63, 3.8) is 0 Å². The highest BCUT2D eigenvalue weighted by atomic mass is 16.2. The number of likely N-dealkylation sites (tertiary alicyclic amines) is 1. The topological polar surface area (TPSA) is 43.1 Å². The van der Waals surface area contributed by atoms with Gasteiger partial charge in [0.2, 0.25) is 0 Å². The molecule has 5 heteroatoms. The average molecular weight is 377 g/mol. The molecule has 5 nitrogen and oxygen atoms in total. The molecule has 2 heterocycles. The molecule has 1 aliphatic heterocycles. The van der Waals surface area contributed by atoms with Crippen LogP contribution in [0.5, 0.6) is 0 Å². The number of piperidine rings is 1. The Balaban J connectivity index is 1.46. The molecule has 0 aliphatic carbocycles. The molecule has 4 rings (SSSR count). The van der Waals surface area contributed by atoms with Gasteiger partial charge in [-0.15, -0.1) is 0 Å². The minimum Gasteiger partial charge on any atom is -0.299 e. The Labute approximate surface area is 166 Å². The maximum atomic E-state index is 12.8. The third kappa shape index (κ3) is 4.09. The number of benzene rings is 2. The van der Waals surface area contributed by atoms with Crippen LogP contribution >= 0.6 is 0 Å². The summed E-state index contributed by atoms with van der Waals surface area (Å²) in [6.45, 7) is 6.33. The Kier molecular flexibility index (Phi) is 5.72. The molecule has 146 valence electrons. The van der Waals surface area contributed by atoms with Crippen molar-refractivity contribution in [2.45, 2.75) is 45.3 Å². The SMILES string of the molecule is CCn1c(C2CCN(Cc3ccccc3)CC2)nn(Cc2ccccc2)c1=O. The molecule has 28 heavy (non-hydrogen) atoms. The van der Waals surface area contributed by atoms with Crippen LogP contribution in [-0.4, -0.2) is 32.3 Å². The van der Waals surface area contributed by atoms with Crippen molar-refractivity contribution in [2.75, 3.05) is 13.1 Å². The molecule has 1 aliphatic rings. The maximum Gasteiger partial charge on any atom is 0.346 e. The minimum absolute atomic E-state index is 0.00747. The number of hydrogen-bond donors (Lipinski definition) is 0. The molecule has 0 unspecified atom stereocenters. The summed E-state index contributed by atoms with van der Waals surface area (Å²) in [7, 11) is 0. The van der Waals surface area contributed by atoms with Gasteiger partial charge >= 0.3 is 5.69 Å². The molecule has 2 aromatic carbocycles. The van der Waals surface area contributed by atoms with E-state index in [1.54, 1.807) is 4.68 Å². The van der Waals surface area contributed by atoms with Crippen molar-refractivity contribution >= 4 is 0 Å². The smallest absolute Gasteiger partial charge is 0.299 e. The Morgan fingerprint density at radius 1 is 0.893 bits per heavy atom. The maximum absolute atomic E-state index is 12.8. The van der Waals surface area contributed by atoms with E-state index in [2.05, 4.69) is 35.2 Å². The Bertz CT molecular complexity index is 938. The lowest BCUT2D eigenvalue weighted by Gasteiger charge is -2.31. The van der Waals surface area contributed by atoms with Crippen LogP contribution in [0, 0.1) is 0 Å². The Morgan fingerprint density at radius 3 is 2.04 bits per heavy atom. The highest BCUT2D eigenvalue weighted by Gasteiger charge is 2.26. The summed E-state index contributed by atoms with van der Waals surface area (Å²) in [5, 5.41) is 4.76. The van der Waals surface area contributed by atoms with Crippen molar-refractivity contribution in [1.29, 1.82) is 0 Å². The molecular formula is C23H28N4O. The van der Waals surface area contributed by atoms with Crippen molar-refractivity contribution < 1.29 is 0 Å². The largest absolute Gasteiger partial charge is 0.346 e. The Hall–Kier alpha value is -2.66. The molecule has 1 aromatic heterocycles. The predicted octanol–water partition coefficient (Wildman–Crippen LogP) is 3.49. The fourth-order valence-corrected chi connectivity index (χ4v) is 4.11. The monoisotopic (exact) mass is 376 g/mol. The molecule has 0 spiro atoms. The number of hydrogen-bond acceptors (Lipinski definition) is 3. The van der Waals surface area contributed by atoms with E-state index in [1.807, 2.05) is 41.8 Å². The van der Waals surface area contributed by atoms with Gasteiger partial charge in [-0.3, -0.25) is 9.47 Å². The lowest BCUT2D eigenvalue weighted by Crippen LogP contribution is -2.33. The fraction of sp³-hybridized carbons (Fsp3) is 0.391. The first-order valence-electron chi connectivity index (χ1n) is 10.2. The Morgan fingerprint density at radius 2 is 1.46 bits per heavy atom. The van der Waals surface area contributed by atoms with Crippen LogP contribution in [0.1, 0.15) is 42.6 Å². The third-order valence-corrected chi connectivity index (χ3v) is 5.64. The first-order chi connectivity index (χ1) is 13.7. The summed E-state index contributed by atoms with van der Waals surface area (Å²) in [4.78, 5) is 15.3. The molecule has 0 amide bonds. The van der Waals surface area contributed by atoms with Gasteiger partial charge < -0.3 is 0 Å². The second-order valence-electron chi connectivity index (χ2n) is 7.56. The van der Waals surface area contributed by atoms with Crippen LogP contribution in [0.25, 0.3) is 0 Å². The van der Waals surface area contributed by atoms with E-state index in [0.717, 1.165) is 43.9 Å². The molecule has 1 fully saturated rings. The van der Waals surface area contributed by atoms with E-state index >= 15 is 0 Å². The second kappa shape index (κ2) is 8.57. The quantitative estimate of drug-likeness (QED) is 0.661.